The van der Waals surface area contributed by atoms with Crippen LogP contribution < -0.4 is 14.8 Å². The zero-order valence-electron chi connectivity index (χ0n) is 13.2. The Morgan fingerprint density at radius 3 is 2.21 bits per heavy atom. The van der Waals surface area contributed by atoms with Crippen LogP contribution in [0.4, 0.5) is 8.78 Å². The van der Waals surface area contributed by atoms with Crippen LogP contribution in [0.2, 0.25) is 0 Å². The van der Waals surface area contributed by atoms with Crippen LogP contribution in [0.1, 0.15) is 15.9 Å². The lowest BCUT2D eigenvalue weighted by Crippen LogP contribution is -2.26. The third-order valence-corrected chi connectivity index (χ3v) is 4.23. The van der Waals surface area contributed by atoms with Gasteiger partial charge in [-0.1, -0.05) is 0 Å². The summed E-state index contributed by atoms with van der Waals surface area (Å²) in [5.41, 5.74) is 0.925. The van der Waals surface area contributed by atoms with Crippen molar-refractivity contribution in [1.82, 2.24) is 5.32 Å². The van der Waals surface area contributed by atoms with Gasteiger partial charge in [-0.15, -0.1) is 0 Å². The molecule has 0 radical (unpaired) electrons. The maximum absolute atomic E-state index is 13.1. The lowest BCUT2D eigenvalue weighted by atomic mass is 10.1. The molecule has 0 unspecified atom stereocenters. The normalized spacial score (nSPS) is 10.4. The van der Waals surface area contributed by atoms with Crippen molar-refractivity contribution in [1.29, 1.82) is 0 Å². The van der Waals surface area contributed by atoms with E-state index in [0.717, 1.165) is 6.07 Å². The summed E-state index contributed by atoms with van der Waals surface area (Å²) in [6, 6.07) is 6.60. The van der Waals surface area contributed by atoms with E-state index in [9.17, 15) is 13.6 Å². The van der Waals surface area contributed by atoms with Crippen molar-refractivity contribution < 1.29 is 23.0 Å². The number of methoxy groups -OCH3 is 2. The summed E-state index contributed by atoms with van der Waals surface area (Å²) in [5, 5.41) is 2.73. The Morgan fingerprint density at radius 1 is 1.04 bits per heavy atom. The monoisotopic (exact) mass is 447 g/mol. The van der Waals surface area contributed by atoms with Crippen LogP contribution in [-0.4, -0.2) is 26.7 Å². The zero-order valence-corrected chi connectivity index (χ0v) is 15.3. The molecule has 0 aromatic heterocycles. The molecule has 1 amide bonds. The molecule has 128 valence electrons. The van der Waals surface area contributed by atoms with E-state index in [0.29, 0.717) is 32.6 Å². The molecule has 0 heterocycles. The predicted octanol–water partition coefficient (Wildman–Crippen LogP) is 3.56. The number of nitrogens with one attached hydrogen (secondary N) is 1. The van der Waals surface area contributed by atoms with Crippen molar-refractivity contribution in [3.8, 4) is 11.5 Å². The van der Waals surface area contributed by atoms with Gasteiger partial charge in [-0.25, -0.2) is 8.78 Å². The van der Waals surface area contributed by atoms with E-state index in [1.165, 1.54) is 26.4 Å². The first-order valence-electron chi connectivity index (χ1n) is 7.09. The Hall–Kier alpha value is -1.90. The van der Waals surface area contributed by atoms with E-state index < -0.39 is 11.6 Å². The van der Waals surface area contributed by atoms with E-state index in [-0.39, 0.29) is 12.5 Å². The van der Waals surface area contributed by atoms with Gasteiger partial charge < -0.3 is 14.8 Å². The third kappa shape index (κ3) is 4.56. The Kier molecular flexibility index (Phi) is 6.36. The average molecular weight is 447 g/mol. The molecule has 0 atom stereocenters. The van der Waals surface area contributed by atoms with Gasteiger partial charge >= 0.3 is 0 Å². The molecule has 0 saturated carbocycles. The van der Waals surface area contributed by atoms with Gasteiger partial charge in [0.2, 0.25) is 0 Å². The molecule has 24 heavy (non-hydrogen) atoms. The number of benzene rings is 2. The van der Waals surface area contributed by atoms with Gasteiger partial charge in [-0.3, -0.25) is 4.79 Å². The molecule has 0 spiro atoms. The van der Waals surface area contributed by atoms with E-state index in [2.05, 4.69) is 5.32 Å². The van der Waals surface area contributed by atoms with Gasteiger partial charge in [-0.2, -0.15) is 0 Å². The summed E-state index contributed by atoms with van der Waals surface area (Å²) in [6.45, 7) is 0.256. The first-order chi connectivity index (χ1) is 11.4. The standard InChI is InChI=1S/C17H16F2INO3/c1-23-15-8-13(14(20)9-16(15)24-2)17(22)21-4-3-10-5-11(18)7-12(19)6-10/h5-9H,3-4H2,1-2H3,(H,21,22). The average Bonchev–Trinajstić information content (AvgIpc) is 2.53. The summed E-state index contributed by atoms with van der Waals surface area (Å²) in [4.78, 5) is 12.3. The molecule has 2 aromatic rings. The quantitative estimate of drug-likeness (QED) is 0.690. The number of hydrogen-bond acceptors (Lipinski definition) is 3. The molecule has 4 nitrogen and oxygen atoms in total. The fraction of sp³-hybridized carbons (Fsp3) is 0.235. The number of hydrogen-bond donors (Lipinski definition) is 1. The number of amides is 1. The fourth-order valence-electron chi connectivity index (χ4n) is 2.20. The molecular formula is C17H16F2INO3. The van der Waals surface area contributed by atoms with Crippen LogP contribution in [0, 0.1) is 15.2 Å². The number of carbonyl (C=O) groups is 1. The van der Waals surface area contributed by atoms with E-state index in [1.54, 1.807) is 12.1 Å². The number of ether oxygens (including phenoxy) is 2. The second-order valence-corrected chi connectivity index (χ2v) is 6.13. The molecule has 0 aliphatic heterocycles. The van der Waals surface area contributed by atoms with Gasteiger partial charge in [-0.05, 0) is 58.8 Å². The van der Waals surface area contributed by atoms with Crippen molar-refractivity contribution in [2.24, 2.45) is 0 Å². The number of rotatable bonds is 6. The molecule has 0 bridgehead atoms. The first kappa shape index (κ1) is 18.4. The van der Waals surface area contributed by atoms with Crippen molar-refractivity contribution >= 4 is 28.5 Å². The zero-order chi connectivity index (χ0) is 17.7. The Labute approximate surface area is 152 Å². The molecule has 2 aromatic carbocycles. The lowest BCUT2D eigenvalue weighted by molar-refractivity contribution is 0.0953. The van der Waals surface area contributed by atoms with Gasteiger partial charge in [0.25, 0.3) is 5.91 Å². The highest BCUT2D eigenvalue weighted by atomic mass is 127. The van der Waals surface area contributed by atoms with E-state index in [4.69, 9.17) is 9.47 Å². The minimum atomic E-state index is -0.634. The molecule has 0 aliphatic carbocycles. The maximum Gasteiger partial charge on any atom is 0.252 e. The van der Waals surface area contributed by atoms with Gasteiger partial charge in [0.15, 0.2) is 11.5 Å². The smallest absolute Gasteiger partial charge is 0.252 e. The second kappa shape index (κ2) is 8.27. The highest BCUT2D eigenvalue weighted by Crippen LogP contribution is 2.31. The fourth-order valence-corrected chi connectivity index (χ4v) is 2.88. The second-order valence-electron chi connectivity index (χ2n) is 4.97. The summed E-state index contributed by atoms with van der Waals surface area (Å²) >= 11 is 2.03. The summed E-state index contributed by atoms with van der Waals surface area (Å²) in [7, 11) is 3.01. The summed E-state index contributed by atoms with van der Waals surface area (Å²) < 4.78 is 37.3. The molecule has 0 saturated heterocycles. The first-order valence-corrected chi connectivity index (χ1v) is 8.17. The van der Waals surface area contributed by atoms with Crippen LogP contribution in [0.25, 0.3) is 0 Å². The van der Waals surface area contributed by atoms with Crippen molar-refractivity contribution in [3.05, 3.63) is 56.7 Å². The maximum atomic E-state index is 13.1. The van der Waals surface area contributed by atoms with Crippen LogP contribution in [0.15, 0.2) is 30.3 Å². The van der Waals surface area contributed by atoms with Gasteiger partial charge in [0.1, 0.15) is 11.6 Å². The van der Waals surface area contributed by atoms with Crippen LogP contribution in [0.5, 0.6) is 11.5 Å². The molecule has 7 heteroatoms. The largest absolute Gasteiger partial charge is 0.493 e. The predicted molar refractivity (Wildman–Crippen MR) is 94.7 cm³/mol. The van der Waals surface area contributed by atoms with Crippen molar-refractivity contribution in [3.63, 3.8) is 0 Å². The summed E-state index contributed by atoms with van der Waals surface area (Å²) in [5.74, 6) is -0.572. The number of carbonyl (C=O) groups excluding carboxylic acids is 1. The van der Waals surface area contributed by atoms with Crippen LogP contribution in [-0.2, 0) is 6.42 Å². The minimum absolute atomic E-state index is 0.256. The highest BCUT2D eigenvalue weighted by Gasteiger charge is 2.15. The molecule has 2 rings (SSSR count). The van der Waals surface area contributed by atoms with Crippen LogP contribution >= 0.6 is 22.6 Å². The molecular weight excluding hydrogens is 431 g/mol. The molecule has 1 N–H and O–H groups in total. The highest BCUT2D eigenvalue weighted by molar-refractivity contribution is 14.1. The Bertz CT molecular complexity index is 733. The van der Waals surface area contributed by atoms with E-state index >= 15 is 0 Å². The van der Waals surface area contributed by atoms with Crippen molar-refractivity contribution in [2.45, 2.75) is 6.42 Å². The number of halogens is 3. The molecule has 0 fully saturated rings. The van der Waals surface area contributed by atoms with Gasteiger partial charge in [0.05, 0.1) is 19.8 Å². The minimum Gasteiger partial charge on any atom is -0.493 e. The summed E-state index contributed by atoms with van der Waals surface area (Å²) in [6.07, 6.45) is 0.324. The van der Waals surface area contributed by atoms with Crippen molar-refractivity contribution in [2.75, 3.05) is 20.8 Å². The third-order valence-electron chi connectivity index (χ3n) is 3.34. The van der Waals surface area contributed by atoms with Gasteiger partial charge in [0, 0.05) is 16.2 Å². The molecule has 0 aliphatic rings. The Morgan fingerprint density at radius 2 is 1.62 bits per heavy atom. The topological polar surface area (TPSA) is 47.6 Å². The van der Waals surface area contributed by atoms with Crippen LogP contribution in [0.3, 0.4) is 0 Å². The SMILES string of the molecule is COc1cc(I)c(C(=O)NCCc2cc(F)cc(F)c2)cc1OC. The van der Waals surface area contributed by atoms with E-state index in [1.807, 2.05) is 22.6 Å². The lowest BCUT2D eigenvalue weighted by Gasteiger charge is -2.12. The Balaban J connectivity index is 2.04.